The Kier molecular flexibility index (Phi) is 6.15. The topological polar surface area (TPSA) is 46.3 Å². The standard InChI is InChI=1S/C19H23FN2O/c1-2-13-22(14-16-5-10-18(21)11-6-16)19(23)12-7-15-3-8-17(20)9-4-15/h3-6,8-11H,2,7,12-14,21H2,1H3. The van der Waals surface area contributed by atoms with Crippen molar-refractivity contribution < 1.29 is 9.18 Å². The number of carbonyl (C=O) groups excluding carboxylic acids is 1. The van der Waals surface area contributed by atoms with Crippen molar-refractivity contribution in [2.75, 3.05) is 12.3 Å². The molecule has 0 aliphatic rings. The van der Waals surface area contributed by atoms with Gasteiger partial charge < -0.3 is 10.6 Å². The molecule has 0 atom stereocenters. The zero-order chi connectivity index (χ0) is 16.7. The van der Waals surface area contributed by atoms with Crippen molar-refractivity contribution in [2.45, 2.75) is 32.7 Å². The van der Waals surface area contributed by atoms with Crippen LogP contribution in [0.3, 0.4) is 0 Å². The van der Waals surface area contributed by atoms with Crippen molar-refractivity contribution in [2.24, 2.45) is 0 Å². The number of benzene rings is 2. The smallest absolute Gasteiger partial charge is 0.223 e. The van der Waals surface area contributed by atoms with Gasteiger partial charge in [0.1, 0.15) is 5.82 Å². The zero-order valence-corrected chi connectivity index (χ0v) is 13.5. The lowest BCUT2D eigenvalue weighted by molar-refractivity contribution is -0.131. The third-order valence-corrected chi connectivity index (χ3v) is 3.74. The first-order valence-corrected chi connectivity index (χ1v) is 7.95. The van der Waals surface area contributed by atoms with Crippen molar-refractivity contribution in [1.29, 1.82) is 0 Å². The highest BCUT2D eigenvalue weighted by Gasteiger charge is 2.13. The van der Waals surface area contributed by atoms with Gasteiger partial charge in [-0.05, 0) is 48.2 Å². The summed E-state index contributed by atoms with van der Waals surface area (Å²) >= 11 is 0. The summed E-state index contributed by atoms with van der Waals surface area (Å²) < 4.78 is 12.9. The molecular formula is C19H23FN2O. The third-order valence-electron chi connectivity index (χ3n) is 3.74. The Labute approximate surface area is 136 Å². The summed E-state index contributed by atoms with van der Waals surface area (Å²) in [5, 5.41) is 0. The second kappa shape index (κ2) is 8.32. The molecule has 23 heavy (non-hydrogen) atoms. The maximum Gasteiger partial charge on any atom is 0.223 e. The van der Waals surface area contributed by atoms with E-state index in [2.05, 4.69) is 6.92 Å². The first-order valence-electron chi connectivity index (χ1n) is 7.95. The summed E-state index contributed by atoms with van der Waals surface area (Å²) in [5.41, 5.74) is 8.46. The second-order valence-electron chi connectivity index (χ2n) is 5.68. The van der Waals surface area contributed by atoms with Crippen LogP contribution >= 0.6 is 0 Å². The summed E-state index contributed by atoms with van der Waals surface area (Å²) in [6.45, 7) is 3.38. The van der Waals surface area contributed by atoms with Crippen LogP contribution in [0, 0.1) is 5.82 Å². The number of halogens is 1. The fourth-order valence-corrected chi connectivity index (χ4v) is 2.47. The zero-order valence-electron chi connectivity index (χ0n) is 13.5. The van der Waals surface area contributed by atoms with Crippen LogP contribution in [0.5, 0.6) is 0 Å². The molecule has 0 unspecified atom stereocenters. The van der Waals surface area contributed by atoms with E-state index in [9.17, 15) is 9.18 Å². The molecule has 2 rings (SSSR count). The average molecular weight is 314 g/mol. The summed E-state index contributed by atoms with van der Waals surface area (Å²) in [6.07, 6.45) is 1.97. The second-order valence-corrected chi connectivity index (χ2v) is 5.68. The van der Waals surface area contributed by atoms with E-state index in [4.69, 9.17) is 5.73 Å². The molecule has 4 heteroatoms. The fraction of sp³-hybridized carbons (Fsp3) is 0.316. The molecule has 0 saturated heterocycles. The van der Waals surface area contributed by atoms with Crippen molar-refractivity contribution in [3.8, 4) is 0 Å². The van der Waals surface area contributed by atoms with Gasteiger partial charge in [-0.3, -0.25) is 4.79 Å². The molecule has 0 aliphatic heterocycles. The summed E-state index contributed by atoms with van der Waals surface area (Å²) in [4.78, 5) is 14.3. The van der Waals surface area contributed by atoms with E-state index in [1.807, 2.05) is 29.2 Å². The van der Waals surface area contributed by atoms with Crippen LogP contribution in [-0.2, 0) is 17.8 Å². The number of anilines is 1. The number of hydrogen-bond donors (Lipinski definition) is 1. The average Bonchev–Trinajstić information content (AvgIpc) is 2.55. The molecule has 2 aromatic rings. The SMILES string of the molecule is CCCN(Cc1ccc(N)cc1)C(=O)CCc1ccc(F)cc1. The minimum absolute atomic E-state index is 0.119. The van der Waals surface area contributed by atoms with Crippen LogP contribution in [-0.4, -0.2) is 17.4 Å². The fourth-order valence-electron chi connectivity index (χ4n) is 2.47. The molecule has 1 amide bonds. The molecule has 0 heterocycles. The van der Waals surface area contributed by atoms with Gasteiger partial charge in [0, 0.05) is 25.2 Å². The van der Waals surface area contributed by atoms with E-state index in [1.165, 1.54) is 12.1 Å². The number of rotatable bonds is 7. The maximum atomic E-state index is 12.9. The van der Waals surface area contributed by atoms with Gasteiger partial charge in [0.05, 0.1) is 0 Å². The molecule has 0 bridgehead atoms. The van der Waals surface area contributed by atoms with Gasteiger partial charge in [-0.1, -0.05) is 31.2 Å². The molecule has 0 fully saturated rings. The first-order chi connectivity index (χ1) is 11.1. The Morgan fingerprint density at radius 2 is 1.65 bits per heavy atom. The highest BCUT2D eigenvalue weighted by atomic mass is 19.1. The van der Waals surface area contributed by atoms with Crippen LogP contribution in [0.4, 0.5) is 10.1 Å². The number of hydrogen-bond acceptors (Lipinski definition) is 2. The van der Waals surface area contributed by atoms with Crippen molar-refractivity contribution >= 4 is 11.6 Å². The van der Waals surface area contributed by atoms with E-state index >= 15 is 0 Å². The molecule has 0 aliphatic carbocycles. The summed E-state index contributed by atoms with van der Waals surface area (Å²) in [5.74, 6) is -0.135. The van der Waals surface area contributed by atoms with Gasteiger partial charge in [0.15, 0.2) is 0 Å². The Bertz CT molecular complexity index is 623. The lowest BCUT2D eigenvalue weighted by atomic mass is 10.1. The van der Waals surface area contributed by atoms with Crippen LogP contribution in [0.25, 0.3) is 0 Å². The molecule has 0 spiro atoms. The number of nitrogen functional groups attached to an aromatic ring is 1. The molecule has 122 valence electrons. The van der Waals surface area contributed by atoms with Gasteiger partial charge in [0.25, 0.3) is 0 Å². The largest absolute Gasteiger partial charge is 0.399 e. The van der Waals surface area contributed by atoms with Gasteiger partial charge in [-0.25, -0.2) is 4.39 Å². The number of amides is 1. The quantitative estimate of drug-likeness (QED) is 0.791. The Morgan fingerprint density at radius 1 is 1.04 bits per heavy atom. The third kappa shape index (κ3) is 5.40. The normalized spacial score (nSPS) is 10.5. The number of carbonyl (C=O) groups is 1. The molecule has 2 aromatic carbocycles. The molecular weight excluding hydrogens is 291 g/mol. The van der Waals surface area contributed by atoms with Crippen molar-refractivity contribution in [3.05, 3.63) is 65.5 Å². The predicted molar refractivity (Wildman–Crippen MR) is 91.3 cm³/mol. The molecule has 0 saturated carbocycles. The summed E-state index contributed by atoms with van der Waals surface area (Å²) in [6, 6.07) is 13.9. The van der Waals surface area contributed by atoms with Crippen LogP contribution < -0.4 is 5.73 Å². The van der Waals surface area contributed by atoms with Crippen LogP contribution in [0.2, 0.25) is 0 Å². The lowest BCUT2D eigenvalue weighted by Crippen LogP contribution is -2.31. The Balaban J connectivity index is 1.94. The van der Waals surface area contributed by atoms with Crippen LogP contribution in [0.15, 0.2) is 48.5 Å². The van der Waals surface area contributed by atoms with E-state index in [0.717, 1.165) is 29.8 Å². The minimum atomic E-state index is -0.254. The monoisotopic (exact) mass is 314 g/mol. The minimum Gasteiger partial charge on any atom is -0.399 e. The maximum absolute atomic E-state index is 12.9. The highest BCUT2D eigenvalue weighted by Crippen LogP contribution is 2.12. The van der Waals surface area contributed by atoms with E-state index in [0.29, 0.717) is 19.4 Å². The van der Waals surface area contributed by atoms with Crippen molar-refractivity contribution in [1.82, 2.24) is 4.90 Å². The van der Waals surface area contributed by atoms with E-state index < -0.39 is 0 Å². The summed E-state index contributed by atoms with van der Waals surface area (Å²) in [7, 11) is 0. The Hall–Kier alpha value is -2.36. The Morgan fingerprint density at radius 3 is 2.26 bits per heavy atom. The van der Waals surface area contributed by atoms with E-state index in [1.54, 1.807) is 12.1 Å². The molecule has 0 radical (unpaired) electrons. The predicted octanol–water partition coefficient (Wildman–Crippen LogP) is 3.78. The number of aryl methyl sites for hydroxylation is 1. The molecule has 0 aromatic heterocycles. The number of nitrogens with zero attached hydrogens (tertiary/aromatic N) is 1. The lowest BCUT2D eigenvalue weighted by Gasteiger charge is -2.22. The van der Waals surface area contributed by atoms with E-state index in [-0.39, 0.29) is 11.7 Å². The van der Waals surface area contributed by atoms with Gasteiger partial charge in [-0.15, -0.1) is 0 Å². The molecule has 3 nitrogen and oxygen atoms in total. The first kappa shape index (κ1) is 17.0. The highest BCUT2D eigenvalue weighted by molar-refractivity contribution is 5.76. The van der Waals surface area contributed by atoms with Gasteiger partial charge in [-0.2, -0.15) is 0 Å². The van der Waals surface area contributed by atoms with Crippen molar-refractivity contribution in [3.63, 3.8) is 0 Å². The molecule has 2 N–H and O–H groups in total. The van der Waals surface area contributed by atoms with Gasteiger partial charge in [0.2, 0.25) is 5.91 Å². The van der Waals surface area contributed by atoms with Crippen LogP contribution in [0.1, 0.15) is 30.9 Å². The van der Waals surface area contributed by atoms with Gasteiger partial charge >= 0.3 is 0 Å². The number of nitrogens with two attached hydrogens (primary N) is 1.